The molecule has 1 aliphatic rings. The van der Waals surface area contributed by atoms with Crippen molar-refractivity contribution in [1.82, 2.24) is 19.7 Å². The molecule has 1 aliphatic heterocycles. The maximum Gasteiger partial charge on any atom is 0.240 e. The smallest absolute Gasteiger partial charge is 0.240 e. The minimum Gasteiger partial charge on any atom is -0.388 e. The van der Waals surface area contributed by atoms with Gasteiger partial charge in [-0.2, -0.15) is 5.10 Å². The number of aliphatic hydroxyl groups is 1. The molecule has 0 radical (unpaired) electrons. The molecule has 170 valence electrons. The second kappa shape index (κ2) is 9.94. The first-order valence-corrected chi connectivity index (χ1v) is 12.0. The van der Waals surface area contributed by atoms with Crippen LogP contribution in [0.1, 0.15) is 55.6 Å². The van der Waals surface area contributed by atoms with Crippen molar-refractivity contribution in [2.24, 2.45) is 7.05 Å². The Hall–Kier alpha value is -2.55. The number of carbonyl (C=O) groups excluding carboxylic acids is 1. The second-order valence-corrected chi connectivity index (χ2v) is 9.80. The van der Waals surface area contributed by atoms with Gasteiger partial charge in [-0.3, -0.25) is 14.4 Å². The number of hydrogen-bond acceptors (Lipinski definition) is 6. The highest BCUT2D eigenvalue weighted by atomic mass is 32.1. The van der Waals surface area contributed by atoms with E-state index in [1.807, 2.05) is 31.4 Å². The molecule has 2 unspecified atom stereocenters. The number of benzene rings is 1. The summed E-state index contributed by atoms with van der Waals surface area (Å²) >= 11 is 1.55. The Balaban J connectivity index is 1.40. The summed E-state index contributed by atoms with van der Waals surface area (Å²) in [6, 6.07) is 10.3. The lowest BCUT2D eigenvalue weighted by Crippen LogP contribution is -2.37. The molecular formula is C24H31N5O2S. The van der Waals surface area contributed by atoms with Gasteiger partial charge in [0.25, 0.3) is 0 Å². The third-order valence-electron chi connectivity index (χ3n) is 5.92. The molecule has 3 heterocycles. The number of likely N-dealkylation sites (tertiary alicyclic amines) is 1. The quantitative estimate of drug-likeness (QED) is 0.534. The first-order valence-electron chi connectivity index (χ1n) is 11.2. The number of aliphatic hydroxyl groups excluding tert-OH is 1. The van der Waals surface area contributed by atoms with E-state index in [9.17, 15) is 9.90 Å². The molecule has 1 aromatic carbocycles. The maximum absolute atomic E-state index is 12.8. The molecule has 32 heavy (non-hydrogen) atoms. The van der Waals surface area contributed by atoms with Crippen molar-refractivity contribution in [1.29, 1.82) is 0 Å². The average Bonchev–Trinajstić information content (AvgIpc) is 3.49. The number of thiazole rings is 1. The van der Waals surface area contributed by atoms with Gasteiger partial charge in [0.1, 0.15) is 0 Å². The highest BCUT2D eigenvalue weighted by molar-refractivity contribution is 7.16. The van der Waals surface area contributed by atoms with E-state index in [4.69, 9.17) is 4.98 Å². The largest absolute Gasteiger partial charge is 0.388 e. The molecular weight excluding hydrogens is 422 g/mol. The Morgan fingerprint density at radius 1 is 1.31 bits per heavy atom. The highest BCUT2D eigenvalue weighted by Gasteiger charge is 2.29. The predicted molar refractivity (Wildman–Crippen MR) is 128 cm³/mol. The maximum atomic E-state index is 12.8. The van der Waals surface area contributed by atoms with Crippen LogP contribution >= 0.6 is 11.3 Å². The summed E-state index contributed by atoms with van der Waals surface area (Å²) in [4.78, 5) is 20.9. The Labute approximate surface area is 193 Å². The van der Waals surface area contributed by atoms with Crippen molar-refractivity contribution in [2.45, 2.75) is 51.2 Å². The van der Waals surface area contributed by atoms with Gasteiger partial charge >= 0.3 is 0 Å². The number of amides is 1. The molecule has 2 N–H and O–H groups in total. The third kappa shape index (κ3) is 5.26. The van der Waals surface area contributed by atoms with Gasteiger partial charge in [0.15, 0.2) is 5.13 Å². The monoisotopic (exact) mass is 453 g/mol. The van der Waals surface area contributed by atoms with Crippen molar-refractivity contribution in [3.05, 3.63) is 53.2 Å². The summed E-state index contributed by atoms with van der Waals surface area (Å²) in [5.74, 6) is 0.265. The van der Waals surface area contributed by atoms with Crippen LogP contribution in [0.2, 0.25) is 0 Å². The number of anilines is 1. The first-order chi connectivity index (χ1) is 15.4. The number of nitrogens with one attached hydrogen (secondary N) is 1. The Bertz CT molecular complexity index is 1050. The molecule has 2 atom stereocenters. The highest BCUT2D eigenvalue weighted by Crippen LogP contribution is 2.36. The van der Waals surface area contributed by atoms with Crippen LogP contribution in [-0.4, -0.2) is 49.8 Å². The zero-order valence-corrected chi connectivity index (χ0v) is 19.7. The SMILES string of the molecule is CC(C)c1sc(NC(=O)CN2CCCC2CC(O)c2cnn(C)c2)nc1-c1ccccc1. The first kappa shape index (κ1) is 22.6. The minimum absolute atomic E-state index is 0.0589. The van der Waals surface area contributed by atoms with Gasteiger partial charge in [0.2, 0.25) is 5.91 Å². The van der Waals surface area contributed by atoms with Crippen LogP contribution in [0.3, 0.4) is 0 Å². The van der Waals surface area contributed by atoms with E-state index >= 15 is 0 Å². The van der Waals surface area contributed by atoms with E-state index in [2.05, 4.69) is 41.3 Å². The summed E-state index contributed by atoms with van der Waals surface area (Å²) < 4.78 is 1.70. The molecule has 1 saturated heterocycles. The number of aromatic nitrogens is 3. The molecule has 8 heteroatoms. The average molecular weight is 454 g/mol. The second-order valence-electron chi connectivity index (χ2n) is 8.77. The third-order valence-corrected chi connectivity index (χ3v) is 7.19. The molecule has 4 rings (SSSR count). The summed E-state index contributed by atoms with van der Waals surface area (Å²) in [5, 5.41) is 18.4. The molecule has 2 aromatic heterocycles. The molecule has 3 aromatic rings. The van der Waals surface area contributed by atoms with Crippen molar-refractivity contribution < 1.29 is 9.90 Å². The predicted octanol–water partition coefficient (Wildman–Crippen LogP) is 4.19. The van der Waals surface area contributed by atoms with Crippen LogP contribution in [0.15, 0.2) is 42.7 Å². The fourth-order valence-corrected chi connectivity index (χ4v) is 5.31. The summed E-state index contributed by atoms with van der Waals surface area (Å²) in [6.07, 6.45) is 5.60. The summed E-state index contributed by atoms with van der Waals surface area (Å²) in [7, 11) is 1.84. The lowest BCUT2D eigenvalue weighted by atomic mass is 10.0. The van der Waals surface area contributed by atoms with E-state index in [0.717, 1.165) is 36.2 Å². The van der Waals surface area contributed by atoms with E-state index < -0.39 is 6.10 Å². The standard InChI is InChI=1S/C24H31N5O2S/c1-16(2)23-22(17-8-5-4-6-9-17)27-24(32-23)26-21(31)15-29-11-7-10-19(29)12-20(30)18-13-25-28(3)14-18/h4-6,8-9,13-14,16,19-20,30H,7,10-12,15H2,1-3H3,(H,26,27,31). The zero-order valence-electron chi connectivity index (χ0n) is 18.9. The Morgan fingerprint density at radius 3 is 2.78 bits per heavy atom. The lowest BCUT2D eigenvalue weighted by molar-refractivity contribution is -0.117. The van der Waals surface area contributed by atoms with E-state index in [1.165, 1.54) is 4.88 Å². The van der Waals surface area contributed by atoms with Crippen molar-refractivity contribution in [3.8, 4) is 11.3 Å². The van der Waals surface area contributed by atoms with Gasteiger partial charge < -0.3 is 10.4 Å². The summed E-state index contributed by atoms with van der Waals surface area (Å²) in [5.41, 5.74) is 2.83. The van der Waals surface area contributed by atoms with E-state index in [0.29, 0.717) is 24.0 Å². The fraction of sp³-hybridized carbons (Fsp3) is 0.458. The van der Waals surface area contributed by atoms with Gasteiger partial charge in [-0.1, -0.05) is 44.2 Å². The van der Waals surface area contributed by atoms with Gasteiger partial charge in [0, 0.05) is 35.3 Å². The van der Waals surface area contributed by atoms with Crippen LogP contribution < -0.4 is 5.32 Å². The van der Waals surface area contributed by atoms with Crippen molar-refractivity contribution >= 4 is 22.4 Å². The number of hydrogen-bond donors (Lipinski definition) is 2. The van der Waals surface area contributed by atoms with E-state index in [1.54, 1.807) is 22.2 Å². The fourth-order valence-electron chi connectivity index (χ4n) is 4.30. The number of nitrogens with zero attached hydrogens (tertiary/aromatic N) is 4. The Kier molecular flexibility index (Phi) is 7.03. The number of carbonyl (C=O) groups is 1. The minimum atomic E-state index is -0.571. The van der Waals surface area contributed by atoms with Crippen LogP contribution in [0, 0.1) is 0 Å². The Morgan fingerprint density at radius 2 is 2.09 bits per heavy atom. The number of rotatable bonds is 8. The van der Waals surface area contributed by atoms with E-state index in [-0.39, 0.29) is 11.9 Å². The van der Waals surface area contributed by atoms with Crippen LogP contribution in [0.25, 0.3) is 11.3 Å². The normalized spacial score (nSPS) is 17.7. The van der Waals surface area contributed by atoms with Crippen LogP contribution in [0.4, 0.5) is 5.13 Å². The van der Waals surface area contributed by atoms with Crippen molar-refractivity contribution in [3.63, 3.8) is 0 Å². The van der Waals surface area contributed by atoms with Gasteiger partial charge in [0.05, 0.1) is 24.5 Å². The molecule has 0 bridgehead atoms. The lowest BCUT2D eigenvalue weighted by Gasteiger charge is -2.25. The molecule has 7 nitrogen and oxygen atoms in total. The molecule has 1 amide bonds. The van der Waals surface area contributed by atoms with Crippen molar-refractivity contribution in [2.75, 3.05) is 18.4 Å². The van der Waals surface area contributed by atoms with Gasteiger partial charge in [-0.05, 0) is 31.7 Å². The number of aryl methyl sites for hydroxylation is 1. The topological polar surface area (TPSA) is 83.3 Å². The molecule has 1 fully saturated rings. The van der Waals surface area contributed by atoms with Crippen LogP contribution in [-0.2, 0) is 11.8 Å². The molecule has 0 spiro atoms. The summed E-state index contributed by atoms with van der Waals surface area (Å²) in [6.45, 7) is 5.46. The van der Waals surface area contributed by atoms with Gasteiger partial charge in [-0.25, -0.2) is 4.98 Å². The molecule has 0 aliphatic carbocycles. The van der Waals surface area contributed by atoms with Gasteiger partial charge in [-0.15, -0.1) is 11.3 Å². The zero-order chi connectivity index (χ0) is 22.7. The molecule has 0 saturated carbocycles. The van der Waals surface area contributed by atoms with Crippen LogP contribution in [0.5, 0.6) is 0 Å².